The minimum absolute atomic E-state index is 0.531. The molecule has 2 fully saturated rings. The summed E-state index contributed by atoms with van der Waals surface area (Å²) in [4.78, 5) is 5.17. The van der Waals surface area contributed by atoms with Gasteiger partial charge in [0.1, 0.15) is 5.82 Å². The molecule has 0 N–H and O–H groups in total. The Labute approximate surface area is 191 Å². The van der Waals surface area contributed by atoms with Crippen molar-refractivity contribution >= 4 is 17.8 Å². The molecule has 168 valence electrons. The number of piperidine rings is 2. The van der Waals surface area contributed by atoms with E-state index < -0.39 is 0 Å². The predicted octanol–water partition coefficient (Wildman–Crippen LogP) is 4.68. The molecule has 1 aromatic carbocycles. The molecule has 0 atom stereocenters. The molecule has 4 rings (SSSR count). The van der Waals surface area contributed by atoms with Gasteiger partial charge in [-0.25, -0.2) is 0 Å². The van der Waals surface area contributed by atoms with Gasteiger partial charge in [0.2, 0.25) is 0 Å². The smallest absolute Gasteiger partial charge is 0.191 e. The summed E-state index contributed by atoms with van der Waals surface area (Å²) in [7, 11) is 2.15. The van der Waals surface area contributed by atoms with E-state index in [1.807, 2.05) is 11.8 Å². The Balaban J connectivity index is 1.23. The third-order valence-electron chi connectivity index (χ3n) is 6.59. The van der Waals surface area contributed by atoms with E-state index in [2.05, 4.69) is 74.9 Å². The number of likely N-dealkylation sites (tertiary alicyclic amines) is 2. The lowest BCUT2D eigenvalue weighted by Gasteiger charge is -2.31. The van der Waals surface area contributed by atoms with Gasteiger partial charge in [0.05, 0.1) is 0 Å². The SMILES string of the molecule is C/C(=C\c1ccccc1)CN1CCC(c2nnc(SCCN3CCCCC3)n2C)CC1. The first-order valence-electron chi connectivity index (χ1n) is 11.9. The summed E-state index contributed by atoms with van der Waals surface area (Å²) < 4.78 is 2.25. The Bertz CT molecular complexity index is 833. The van der Waals surface area contributed by atoms with Gasteiger partial charge >= 0.3 is 0 Å². The largest absolute Gasteiger partial charge is 0.309 e. The van der Waals surface area contributed by atoms with Gasteiger partial charge in [0.15, 0.2) is 5.16 Å². The maximum Gasteiger partial charge on any atom is 0.191 e. The van der Waals surface area contributed by atoms with Gasteiger partial charge in [0, 0.05) is 31.8 Å². The Morgan fingerprint density at radius 2 is 1.74 bits per heavy atom. The maximum absolute atomic E-state index is 4.60. The van der Waals surface area contributed by atoms with Crippen LogP contribution < -0.4 is 0 Å². The fourth-order valence-corrected chi connectivity index (χ4v) is 5.76. The first kappa shape index (κ1) is 22.6. The molecular weight excluding hydrogens is 402 g/mol. The van der Waals surface area contributed by atoms with Gasteiger partial charge in [-0.1, -0.05) is 60.2 Å². The Morgan fingerprint density at radius 1 is 1.00 bits per heavy atom. The van der Waals surface area contributed by atoms with Crippen molar-refractivity contribution < 1.29 is 0 Å². The van der Waals surface area contributed by atoms with Crippen LogP contribution in [0.2, 0.25) is 0 Å². The molecule has 2 aromatic rings. The lowest BCUT2D eigenvalue weighted by atomic mass is 9.95. The first-order chi connectivity index (χ1) is 15.2. The number of thioether (sulfide) groups is 1. The molecule has 3 heterocycles. The van der Waals surface area contributed by atoms with E-state index in [0.717, 1.165) is 30.5 Å². The molecule has 0 aliphatic carbocycles. The van der Waals surface area contributed by atoms with Crippen LogP contribution >= 0.6 is 11.8 Å². The van der Waals surface area contributed by atoms with E-state index in [1.165, 1.54) is 68.7 Å². The van der Waals surface area contributed by atoms with Crippen LogP contribution in [0.4, 0.5) is 0 Å². The Hall–Kier alpha value is -1.63. The second-order valence-corrected chi connectivity index (χ2v) is 10.2. The van der Waals surface area contributed by atoms with E-state index >= 15 is 0 Å². The van der Waals surface area contributed by atoms with Crippen molar-refractivity contribution in [3.63, 3.8) is 0 Å². The van der Waals surface area contributed by atoms with Crippen LogP contribution in [0.5, 0.6) is 0 Å². The molecule has 2 aliphatic heterocycles. The molecule has 2 saturated heterocycles. The van der Waals surface area contributed by atoms with Crippen LogP contribution in [-0.2, 0) is 7.05 Å². The fraction of sp³-hybridized carbons (Fsp3) is 0.600. The summed E-state index contributed by atoms with van der Waals surface area (Å²) in [6.45, 7) is 9.27. The fourth-order valence-electron chi connectivity index (χ4n) is 4.84. The van der Waals surface area contributed by atoms with Crippen molar-refractivity contribution in [2.75, 3.05) is 45.0 Å². The minimum atomic E-state index is 0.531. The molecule has 0 amide bonds. The molecule has 0 spiro atoms. The average Bonchev–Trinajstić information content (AvgIpc) is 3.16. The molecule has 2 aliphatic rings. The second-order valence-electron chi connectivity index (χ2n) is 9.10. The zero-order chi connectivity index (χ0) is 21.5. The van der Waals surface area contributed by atoms with E-state index in [1.54, 1.807) is 0 Å². The van der Waals surface area contributed by atoms with Gasteiger partial charge in [-0.2, -0.15) is 0 Å². The zero-order valence-corrected chi connectivity index (χ0v) is 20.0. The van der Waals surface area contributed by atoms with Gasteiger partial charge in [-0.15, -0.1) is 10.2 Å². The number of nitrogens with zero attached hydrogens (tertiary/aromatic N) is 5. The quantitative estimate of drug-likeness (QED) is 0.559. The van der Waals surface area contributed by atoms with Crippen LogP contribution in [-0.4, -0.2) is 69.6 Å². The molecular formula is C25H37N5S. The molecule has 1 aromatic heterocycles. The van der Waals surface area contributed by atoms with Crippen LogP contribution in [0.1, 0.15) is 56.3 Å². The Kier molecular flexibility index (Phi) is 8.22. The molecule has 5 nitrogen and oxygen atoms in total. The predicted molar refractivity (Wildman–Crippen MR) is 131 cm³/mol. The van der Waals surface area contributed by atoms with Crippen molar-refractivity contribution in [2.45, 2.75) is 50.1 Å². The van der Waals surface area contributed by atoms with E-state index in [-0.39, 0.29) is 0 Å². The summed E-state index contributed by atoms with van der Waals surface area (Å²) in [5.41, 5.74) is 2.72. The van der Waals surface area contributed by atoms with Crippen LogP contribution in [0.25, 0.3) is 6.08 Å². The number of hydrogen-bond donors (Lipinski definition) is 0. The standard InChI is InChI=1S/C25H37N5S/c1-21(19-22-9-5-3-6-10-22)20-30-15-11-23(12-16-30)24-26-27-25(28(24)2)31-18-17-29-13-7-4-8-14-29/h3,5-6,9-10,19,23H,4,7-8,11-18,20H2,1-2H3/b21-19+. The average molecular weight is 440 g/mol. The van der Waals surface area contributed by atoms with Gasteiger partial charge < -0.3 is 9.47 Å². The summed E-state index contributed by atoms with van der Waals surface area (Å²) in [5.74, 6) is 2.82. The summed E-state index contributed by atoms with van der Waals surface area (Å²) in [5, 5.41) is 10.2. The highest BCUT2D eigenvalue weighted by Gasteiger charge is 2.25. The molecule has 31 heavy (non-hydrogen) atoms. The topological polar surface area (TPSA) is 37.2 Å². The molecule has 6 heteroatoms. The van der Waals surface area contributed by atoms with E-state index in [0.29, 0.717) is 5.92 Å². The highest BCUT2D eigenvalue weighted by molar-refractivity contribution is 7.99. The molecule has 0 saturated carbocycles. The van der Waals surface area contributed by atoms with Gasteiger partial charge in [0.25, 0.3) is 0 Å². The summed E-state index contributed by atoms with van der Waals surface area (Å²) in [6, 6.07) is 10.6. The van der Waals surface area contributed by atoms with Crippen LogP contribution in [0.3, 0.4) is 0 Å². The van der Waals surface area contributed by atoms with Crippen molar-refractivity contribution in [2.24, 2.45) is 7.05 Å². The highest BCUT2D eigenvalue weighted by atomic mass is 32.2. The van der Waals surface area contributed by atoms with Crippen LogP contribution in [0.15, 0.2) is 41.1 Å². The summed E-state index contributed by atoms with van der Waals surface area (Å²) >= 11 is 1.87. The molecule has 0 radical (unpaired) electrons. The highest BCUT2D eigenvalue weighted by Crippen LogP contribution is 2.29. The molecule has 0 unspecified atom stereocenters. The van der Waals surface area contributed by atoms with Crippen molar-refractivity contribution in [3.8, 4) is 0 Å². The molecule has 0 bridgehead atoms. The van der Waals surface area contributed by atoms with Crippen molar-refractivity contribution in [3.05, 3.63) is 47.3 Å². The third kappa shape index (κ3) is 6.43. The zero-order valence-electron chi connectivity index (χ0n) is 19.2. The second kappa shape index (κ2) is 11.3. The van der Waals surface area contributed by atoms with Crippen molar-refractivity contribution in [1.82, 2.24) is 24.6 Å². The monoisotopic (exact) mass is 439 g/mol. The number of benzene rings is 1. The normalized spacial score (nSPS) is 19.7. The number of hydrogen-bond acceptors (Lipinski definition) is 5. The van der Waals surface area contributed by atoms with E-state index in [9.17, 15) is 0 Å². The number of rotatable bonds is 8. The van der Waals surface area contributed by atoms with Gasteiger partial charge in [-0.3, -0.25) is 4.90 Å². The van der Waals surface area contributed by atoms with Crippen molar-refractivity contribution in [1.29, 1.82) is 0 Å². The number of aromatic nitrogens is 3. The van der Waals surface area contributed by atoms with Gasteiger partial charge in [-0.05, 0) is 64.3 Å². The lowest BCUT2D eigenvalue weighted by molar-refractivity contribution is 0.223. The maximum atomic E-state index is 4.60. The Morgan fingerprint density at radius 3 is 2.48 bits per heavy atom. The van der Waals surface area contributed by atoms with Crippen LogP contribution in [0, 0.1) is 0 Å². The third-order valence-corrected chi connectivity index (χ3v) is 7.59. The first-order valence-corrected chi connectivity index (χ1v) is 12.9. The minimum Gasteiger partial charge on any atom is -0.309 e. The van der Waals surface area contributed by atoms with E-state index in [4.69, 9.17) is 0 Å². The lowest BCUT2D eigenvalue weighted by Crippen LogP contribution is -2.34. The summed E-state index contributed by atoms with van der Waals surface area (Å²) in [6.07, 6.45) is 8.77.